The molecule has 3 N–H and O–H groups in total. The number of nitrogen functional groups attached to an aromatic ring is 1. The summed E-state index contributed by atoms with van der Waals surface area (Å²) in [6.07, 6.45) is 3.50. The SMILES string of the molecule is CCCc1c(N)ncnc1N1CCN(CCO)CC1. The van der Waals surface area contributed by atoms with Gasteiger partial charge in [-0.1, -0.05) is 13.3 Å². The number of aliphatic hydroxyl groups is 1. The summed E-state index contributed by atoms with van der Waals surface area (Å²) < 4.78 is 0. The molecule has 1 fully saturated rings. The van der Waals surface area contributed by atoms with Crippen LogP contribution in [0.25, 0.3) is 0 Å². The van der Waals surface area contributed by atoms with E-state index >= 15 is 0 Å². The van der Waals surface area contributed by atoms with Crippen LogP contribution in [0.15, 0.2) is 6.33 Å². The zero-order valence-corrected chi connectivity index (χ0v) is 11.5. The van der Waals surface area contributed by atoms with Gasteiger partial charge in [-0.25, -0.2) is 9.97 Å². The molecule has 6 heteroatoms. The number of aliphatic hydroxyl groups excluding tert-OH is 1. The molecule has 0 atom stereocenters. The van der Waals surface area contributed by atoms with E-state index in [9.17, 15) is 0 Å². The van der Waals surface area contributed by atoms with Crippen molar-refractivity contribution < 1.29 is 5.11 Å². The Balaban J connectivity index is 2.08. The lowest BCUT2D eigenvalue weighted by Gasteiger charge is -2.35. The molecule has 0 radical (unpaired) electrons. The lowest BCUT2D eigenvalue weighted by Crippen LogP contribution is -2.47. The molecule has 0 aliphatic carbocycles. The highest BCUT2D eigenvalue weighted by Gasteiger charge is 2.20. The van der Waals surface area contributed by atoms with Crippen LogP contribution in [-0.4, -0.2) is 59.3 Å². The van der Waals surface area contributed by atoms with Crippen LogP contribution in [0.5, 0.6) is 0 Å². The Morgan fingerprint density at radius 1 is 1.26 bits per heavy atom. The Labute approximate surface area is 114 Å². The van der Waals surface area contributed by atoms with Crippen molar-refractivity contribution in [2.45, 2.75) is 19.8 Å². The van der Waals surface area contributed by atoms with Gasteiger partial charge in [0.05, 0.1) is 6.61 Å². The van der Waals surface area contributed by atoms with Crippen LogP contribution in [0.4, 0.5) is 11.6 Å². The summed E-state index contributed by atoms with van der Waals surface area (Å²) in [7, 11) is 0. The van der Waals surface area contributed by atoms with E-state index in [0.717, 1.165) is 56.9 Å². The fourth-order valence-corrected chi connectivity index (χ4v) is 2.50. The Hall–Kier alpha value is -1.40. The van der Waals surface area contributed by atoms with Gasteiger partial charge < -0.3 is 15.7 Å². The Morgan fingerprint density at radius 2 is 2.00 bits per heavy atom. The standard InChI is InChI=1S/C13H23N5O/c1-2-3-11-12(14)15-10-16-13(11)18-6-4-17(5-7-18)8-9-19/h10,19H,2-9H2,1H3,(H2,14,15,16). The molecule has 0 bridgehead atoms. The number of nitrogens with two attached hydrogens (primary N) is 1. The van der Waals surface area contributed by atoms with Crippen molar-refractivity contribution in [2.75, 3.05) is 50.0 Å². The van der Waals surface area contributed by atoms with E-state index in [1.165, 1.54) is 0 Å². The van der Waals surface area contributed by atoms with E-state index < -0.39 is 0 Å². The Bertz CT molecular complexity index is 404. The van der Waals surface area contributed by atoms with E-state index in [-0.39, 0.29) is 6.61 Å². The summed E-state index contributed by atoms with van der Waals surface area (Å²) >= 11 is 0. The summed E-state index contributed by atoms with van der Waals surface area (Å²) in [6.45, 7) is 6.87. The third-order valence-electron chi connectivity index (χ3n) is 3.54. The molecule has 1 aliphatic heterocycles. The molecule has 0 saturated carbocycles. The second kappa shape index (κ2) is 6.68. The van der Waals surface area contributed by atoms with Crippen LogP contribution in [0.1, 0.15) is 18.9 Å². The van der Waals surface area contributed by atoms with E-state index in [1.54, 1.807) is 6.33 Å². The molecule has 0 spiro atoms. The van der Waals surface area contributed by atoms with E-state index in [0.29, 0.717) is 5.82 Å². The van der Waals surface area contributed by atoms with Crippen molar-refractivity contribution in [3.63, 3.8) is 0 Å². The summed E-state index contributed by atoms with van der Waals surface area (Å²) in [5, 5.41) is 8.96. The molecule has 1 aliphatic rings. The quantitative estimate of drug-likeness (QED) is 0.787. The van der Waals surface area contributed by atoms with Crippen molar-refractivity contribution in [2.24, 2.45) is 0 Å². The summed E-state index contributed by atoms with van der Waals surface area (Å²) in [4.78, 5) is 13.1. The first-order chi connectivity index (χ1) is 9.26. The molecule has 0 aromatic carbocycles. The highest BCUT2D eigenvalue weighted by Crippen LogP contribution is 2.23. The summed E-state index contributed by atoms with van der Waals surface area (Å²) in [6, 6.07) is 0. The van der Waals surface area contributed by atoms with Gasteiger partial charge in [0, 0.05) is 38.3 Å². The predicted octanol–water partition coefficient (Wildman–Crippen LogP) is 0.126. The van der Waals surface area contributed by atoms with Crippen LogP contribution < -0.4 is 10.6 Å². The fourth-order valence-electron chi connectivity index (χ4n) is 2.50. The number of nitrogens with zero attached hydrogens (tertiary/aromatic N) is 4. The Kier molecular flexibility index (Phi) is 4.93. The van der Waals surface area contributed by atoms with Crippen LogP contribution in [0.2, 0.25) is 0 Å². The zero-order chi connectivity index (χ0) is 13.7. The first-order valence-electron chi connectivity index (χ1n) is 6.93. The maximum Gasteiger partial charge on any atom is 0.137 e. The minimum Gasteiger partial charge on any atom is -0.395 e. The first kappa shape index (κ1) is 14.0. The molecule has 0 unspecified atom stereocenters. The van der Waals surface area contributed by atoms with Gasteiger partial charge in [0.25, 0.3) is 0 Å². The number of rotatable bonds is 5. The molecule has 2 rings (SSSR count). The van der Waals surface area contributed by atoms with Crippen LogP contribution in [0, 0.1) is 0 Å². The second-order valence-corrected chi connectivity index (χ2v) is 4.86. The van der Waals surface area contributed by atoms with Crippen molar-refractivity contribution in [1.29, 1.82) is 0 Å². The van der Waals surface area contributed by atoms with Gasteiger partial charge in [-0.2, -0.15) is 0 Å². The second-order valence-electron chi connectivity index (χ2n) is 4.86. The van der Waals surface area contributed by atoms with Crippen LogP contribution >= 0.6 is 0 Å². The van der Waals surface area contributed by atoms with Crippen molar-refractivity contribution in [1.82, 2.24) is 14.9 Å². The maximum absolute atomic E-state index is 8.96. The molecule has 1 saturated heterocycles. The maximum atomic E-state index is 8.96. The number of β-amino-alcohol motifs (C(OH)–C–C–N with tert-alkyl or cyclic N) is 1. The molecule has 1 aromatic rings. The van der Waals surface area contributed by atoms with Gasteiger partial charge in [0.15, 0.2) is 0 Å². The number of hydrogen-bond acceptors (Lipinski definition) is 6. The molecular weight excluding hydrogens is 242 g/mol. The highest BCUT2D eigenvalue weighted by molar-refractivity contribution is 5.56. The van der Waals surface area contributed by atoms with Crippen molar-refractivity contribution >= 4 is 11.6 Å². The molecule has 106 valence electrons. The smallest absolute Gasteiger partial charge is 0.137 e. The first-order valence-corrected chi connectivity index (χ1v) is 6.93. The molecule has 1 aromatic heterocycles. The minimum atomic E-state index is 0.224. The number of piperazine rings is 1. The van der Waals surface area contributed by atoms with E-state index in [4.69, 9.17) is 10.8 Å². The molecule has 0 amide bonds. The summed E-state index contributed by atoms with van der Waals surface area (Å²) in [5.74, 6) is 1.59. The van der Waals surface area contributed by atoms with Crippen LogP contribution in [-0.2, 0) is 6.42 Å². The van der Waals surface area contributed by atoms with Crippen molar-refractivity contribution in [3.8, 4) is 0 Å². The number of anilines is 2. The average molecular weight is 265 g/mol. The van der Waals surface area contributed by atoms with E-state index in [1.807, 2.05) is 0 Å². The third kappa shape index (κ3) is 3.33. The molecule has 19 heavy (non-hydrogen) atoms. The largest absolute Gasteiger partial charge is 0.395 e. The van der Waals surface area contributed by atoms with Crippen LogP contribution in [0.3, 0.4) is 0 Å². The fraction of sp³-hybridized carbons (Fsp3) is 0.692. The number of hydrogen-bond donors (Lipinski definition) is 2. The zero-order valence-electron chi connectivity index (χ0n) is 11.5. The number of aromatic nitrogens is 2. The molecule has 2 heterocycles. The third-order valence-corrected chi connectivity index (χ3v) is 3.54. The van der Waals surface area contributed by atoms with Gasteiger partial charge in [0.2, 0.25) is 0 Å². The normalized spacial score (nSPS) is 16.8. The van der Waals surface area contributed by atoms with Gasteiger partial charge in [0.1, 0.15) is 18.0 Å². The van der Waals surface area contributed by atoms with Gasteiger partial charge in [-0.3, -0.25) is 4.90 Å². The average Bonchev–Trinajstić information content (AvgIpc) is 2.43. The lowest BCUT2D eigenvalue weighted by molar-refractivity contribution is 0.188. The molecule has 6 nitrogen and oxygen atoms in total. The highest BCUT2D eigenvalue weighted by atomic mass is 16.3. The van der Waals surface area contributed by atoms with Gasteiger partial charge in [-0.05, 0) is 6.42 Å². The summed E-state index contributed by atoms with van der Waals surface area (Å²) in [5.41, 5.74) is 7.04. The molecular formula is C13H23N5O. The van der Waals surface area contributed by atoms with Gasteiger partial charge in [-0.15, -0.1) is 0 Å². The van der Waals surface area contributed by atoms with E-state index in [2.05, 4.69) is 26.7 Å². The van der Waals surface area contributed by atoms with Gasteiger partial charge >= 0.3 is 0 Å². The van der Waals surface area contributed by atoms with Crippen molar-refractivity contribution in [3.05, 3.63) is 11.9 Å². The minimum absolute atomic E-state index is 0.224. The Morgan fingerprint density at radius 3 is 2.63 bits per heavy atom. The predicted molar refractivity (Wildman–Crippen MR) is 76.2 cm³/mol. The lowest BCUT2D eigenvalue weighted by atomic mass is 10.1. The monoisotopic (exact) mass is 265 g/mol. The topological polar surface area (TPSA) is 78.5 Å².